The van der Waals surface area contributed by atoms with E-state index in [-0.39, 0.29) is 12.3 Å². The van der Waals surface area contributed by atoms with Gasteiger partial charge in [-0.2, -0.15) is 5.10 Å². The van der Waals surface area contributed by atoms with E-state index < -0.39 is 0 Å². The van der Waals surface area contributed by atoms with Crippen LogP contribution >= 0.6 is 23.2 Å². The van der Waals surface area contributed by atoms with Gasteiger partial charge >= 0.3 is 0 Å². The number of Topliss-reactive ketones (excluding diaryl/α,β-unsaturated/α-hetero) is 1. The summed E-state index contributed by atoms with van der Waals surface area (Å²) in [6, 6.07) is 12.7. The maximum Gasteiger partial charge on any atom is 0.183 e. The van der Waals surface area contributed by atoms with Gasteiger partial charge in [0.25, 0.3) is 0 Å². The lowest BCUT2D eigenvalue weighted by Crippen LogP contribution is -2.32. The summed E-state index contributed by atoms with van der Waals surface area (Å²) in [6.07, 6.45) is 6.40. The van der Waals surface area contributed by atoms with Crippen molar-refractivity contribution in [2.45, 2.75) is 19.3 Å². The van der Waals surface area contributed by atoms with Gasteiger partial charge in [-0.3, -0.25) is 9.80 Å². The van der Waals surface area contributed by atoms with Crippen LogP contribution < -0.4 is 4.74 Å². The third-order valence-corrected chi connectivity index (χ3v) is 7.39. The molecule has 2 aliphatic rings. The van der Waals surface area contributed by atoms with E-state index in [1.807, 2.05) is 24.3 Å². The standard InChI is InChI=1S/C28H29Cl2N5O2/c1-34-10-7-19(8-11-34)18-37-23-15-31-28(32-16-23)21-4-2-3-20(13-21)27(36)17-35-12-9-26(33-35)24-14-22(29)5-6-25(24)30/h2-6,13-16,19H,7-12,17-18H2,1H3. The molecule has 37 heavy (non-hydrogen) atoms. The molecule has 3 aromatic rings. The van der Waals surface area contributed by atoms with Gasteiger partial charge in [0.15, 0.2) is 17.4 Å². The molecule has 0 N–H and O–H groups in total. The van der Waals surface area contributed by atoms with Gasteiger partial charge in [-0.15, -0.1) is 0 Å². The number of piperidine rings is 1. The first kappa shape index (κ1) is 25.6. The van der Waals surface area contributed by atoms with E-state index in [4.69, 9.17) is 27.9 Å². The highest BCUT2D eigenvalue weighted by atomic mass is 35.5. The predicted molar refractivity (Wildman–Crippen MR) is 147 cm³/mol. The van der Waals surface area contributed by atoms with Crippen LogP contribution in [0.2, 0.25) is 10.0 Å². The number of carbonyl (C=O) groups is 1. The van der Waals surface area contributed by atoms with E-state index in [2.05, 4.69) is 27.0 Å². The lowest BCUT2D eigenvalue weighted by molar-refractivity contribution is 0.0940. The van der Waals surface area contributed by atoms with Crippen molar-refractivity contribution < 1.29 is 9.53 Å². The zero-order chi connectivity index (χ0) is 25.8. The highest BCUT2D eigenvalue weighted by molar-refractivity contribution is 6.36. The van der Waals surface area contributed by atoms with Crippen molar-refractivity contribution >= 4 is 34.7 Å². The molecular formula is C28H29Cl2N5O2. The molecule has 0 amide bonds. The molecule has 1 fully saturated rings. The second-order valence-corrected chi connectivity index (χ2v) is 10.5. The number of nitrogens with zero attached hydrogens (tertiary/aromatic N) is 5. The van der Waals surface area contributed by atoms with Gasteiger partial charge in [-0.1, -0.05) is 41.4 Å². The molecular weight excluding hydrogens is 509 g/mol. The van der Waals surface area contributed by atoms with E-state index >= 15 is 0 Å². The molecule has 192 valence electrons. The third kappa shape index (κ3) is 6.47. The molecule has 1 saturated heterocycles. The SMILES string of the molecule is CN1CCC(COc2cnc(-c3cccc(C(=O)CN4CCC(c5cc(Cl)ccc5Cl)=N4)c3)nc2)CC1. The summed E-state index contributed by atoms with van der Waals surface area (Å²) in [5.41, 5.74) is 3.01. The van der Waals surface area contributed by atoms with Gasteiger partial charge in [0, 0.05) is 39.7 Å². The summed E-state index contributed by atoms with van der Waals surface area (Å²) in [6.45, 7) is 3.73. The maximum atomic E-state index is 13.0. The van der Waals surface area contributed by atoms with E-state index in [0.717, 1.165) is 42.8 Å². The fourth-order valence-electron chi connectivity index (χ4n) is 4.60. The van der Waals surface area contributed by atoms with Gasteiger partial charge in [0.1, 0.15) is 0 Å². The van der Waals surface area contributed by atoms with Crippen LogP contribution in [0.1, 0.15) is 35.2 Å². The van der Waals surface area contributed by atoms with Crippen LogP contribution in [-0.4, -0.2) is 71.2 Å². The smallest absolute Gasteiger partial charge is 0.183 e. The number of ether oxygens (including phenoxy) is 1. The molecule has 0 aliphatic carbocycles. The summed E-state index contributed by atoms with van der Waals surface area (Å²) >= 11 is 12.4. The van der Waals surface area contributed by atoms with E-state index in [1.165, 1.54) is 0 Å². The fourth-order valence-corrected chi connectivity index (χ4v) is 5.00. The van der Waals surface area contributed by atoms with Crippen LogP contribution in [-0.2, 0) is 0 Å². The first-order valence-corrected chi connectivity index (χ1v) is 13.2. The van der Waals surface area contributed by atoms with E-state index in [1.54, 1.807) is 35.6 Å². The topological polar surface area (TPSA) is 70.9 Å². The van der Waals surface area contributed by atoms with Crippen LogP contribution in [0.4, 0.5) is 0 Å². The number of hydrazone groups is 1. The minimum atomic E-state index is -0.0258. The number of hydrogen-bond donors (Lipinski definition) is 0. The number of hydrogen-bond acceptors (Lipinski definition) is 7. The van der Waals surface area contributed by atoms with Crippen LogP contribution in [0.5, 0.6) is 5.75 Å². The van der Waals surface area contributed by atoms with Gasteiger partial charge in [0.05, 0.1) is 31.3 Å². The Kier molecular flexibility index (Phi) is 8.03. The first-order chi connectivity index (χ1) is 17.9. The zero-order valence-electron chi connectivity index (χ0n) is 20.7. The molecule has 2 aliphatic heterocycles. The monoisotopic (exact) mass is 537 g/mol. The van der Waals surface area contributed by atoms with Crippen molar-refractivity contribution in [1.29, 1.82) is 0 Å². The van der Waals surface area contributed by atoms with Crippen molar-refractivity contribution in [1.82, 2.24) is 19.9 Å². The molecule has 0 unspecified atom stereocenters. The first-order valence-electron chi connectivity index (χ1n) is 12.5. The van der Waals surface area contributed by atoms with Crippen molar-refractivity contribution in [2.24, 2.45) is 11.0 Å². The van der Waals surface area contributed by atoms with Crippen LogP contribution in [0.15, 0.2) is 60.0 Å². The highest BCUT2D eigenvalue weighted by Crippen LogP contribution is 2.25. The van der Waals surface area contributed by atoms with Crippen molar-refractivity contribution in [3.05, 3.63) is 76.0 Å². The molecule has 7 nitrogen and oxygen atoms in total. The summed E-state index contributed by atoms with van der Waals surface area (Å²) in [7, 11) is 2.15. The number of likely N-dealkylation sites (tertiary alicyclic amines) is 1. The Hall–Kier alpha value is -3.00. The molecule has 2 aromatic carbocycles. The third-order valence-electron chi connectivity index (χ3n) is 6.83. The quantitative estimate of drug-likeness (QED) is 0.355. The molecule has 0 atom stereocenters. The van der Waals surface area contributed by atoms with Crippen molar-refractivity contribution in [2.75, 3.05) is 39.8 Å². The summed E-state index contributed by atoms with van der Waals surface area (Å²) in [4.78, 5) is 24.3. The number of benzene rings is 2. The Bertz CT molecular complexity index is 1290. The van der Waals surface area contributed by atoms with Gasteiger partial charge < -0.3 is 9.64 Å². The Morgan fingerprint density at radius 1 is 1.05 bits per heavy atom. The largest absolute Gasteiger partial charge is 0.490 e. The molecule has 1 aromatic heterocycles. The second kappa shape index (κ2) is 11.6. The zero-order valence-corrected chi connectivity index (χ0v) is 22.3. The molecule has 0 radical (unpaired) electrons. The molecule has 3 heterocycles. The Morgan fingerprint density at radius 2 is 1.84 bits per heavy atom. The average Bonchev–Trinajstić information content (AvgIpc) is 3.38. The Balaban J connectivity index is 1.20. The normalized spacial score (nSPS) is 16.6. The number of aromatic nitrogens is 2. The van der Waals surface area contributed by atoms with Crippen LogP contribution in [0, 0.1) is 5.92 Å². The summed E-state index contributed by atoms with van der Waals surface area (Å²) < 4.78 is 5.93. The Labute approximate surface area is 227 Å². The summed E-state index contributed by atoms with van der Waals surface area (Å²) in [5.74, 6) is 1.76. The second-order valence-electron chi connectivity index (χ2n) is 9.61. The lowest BCUT2D eigenvalue weighted by Gasteiger charge is -2.28. The van der Waals surface area contributed by atoms with Gasteiger partial charge in [0.2, 0.25) is 0 Å². The van der Waals surface area contributed by atoms with Crippen molar-refractivity contribution in [3.63, 3.8) is 0 Å². The van der Waals surface area contributed by atoms with Crippen LogP contribution in [0.25, 0.3) is 11.4 Å². The number of rotatable bonds is 8. The maximum absolute atomic E-state index is 13.0. The number of ketones is 1. The molecule has 9 heteroatoms. The fraction of sp³-hybridized carbons (Fsp3) is 0.357. The molecule has 0 saturated carbocycles. The highest BCUT2D eigenvalue weighted by Gasteiger charge is 2.21. The summed E-state index contributed by atoms with van der Waals surface area (Å²) in [5, 5.41) is 7.59. The van der Waals surface area contributed by atoms with E-state index in [9.17, 15) is 4.79 Å². The lowest BCUT2D eigenvalue weighted by atomic mass is 9.98. The number of halogens is 2. The minimum absolute atomic E-state index is 0.0258. The molecule has 0 spiro atoms. The molecule has 0 bridgehead atoms. The Morgan fingerprint density at radius 3 is 2.62 bits per heavy atom. The molecule has 5 rings (SSSR count). The predicted octanol–water partition coefficient (Wildman–Crippen LogP) is 5.46. The van der Waals surface area contributed by atoms with Gasteiger partial charge in [-0.05, 0) is 63.2 Å². The van der Waals surface area contributed by atoms with Gasteiger partial charge in [-0.25, -0.2) is 9.97 Å². The average molecular weight is 538 g/mol. The van der Waals surface area contributed by atoms with Crippen LogP contribution in [0.3, 0.4) is 0 Å². The van der Waals surface area contributed by atoms with E-state index in [0.29, 0.717) is 52.7 Å². The number of carbonyl (C=O) groups excluding carboxylic acids is 1. The van der Waals surface area contributed by atoms with Crippen molar-refractivity contribution in [3.8, 4) is 17.1 Å². The minimum Gasteiger partial charge on any atom is -0.490 e.